The number of hydrogen-bond donors (Lipinski definition) is 2. The second kappa shape index (κ2) is 12.3. The van der Waals surface area contributed by atoms with Gasteiger partial charge in [-0.3, -0.25) is 14.2 Å². The molecule has 0 bridgehead atoms. The lowest BCUT2D eigenvalue weighted by Crippen LogP contribution is -2.25. The molecule has 3 heterocycles. The van der Waals surface area contributed by atoms with Crippen LogP contribution < -0.4 is 10.6 Å². The van der Waals surface area contributed by atoms with Gasteiger partial charge in [-0.25, -0.2) is 4.79 Å². The van der Waals surface area contributed by atoms with Gasteiger partial charge < -0.3 is 19.8 Å². The van der Waals surface area contributed by atoms with Crippen LogP contribution in [0.1, 0.15) is 57.4 Å². The van der Waals surface area contributed by atoms with E-state index in [4.69, 9.17) is 20.8 Å². The molecule has 1 aliphatic rings. The Morgan fingerprint density at radius 1 is 1.23 bits per heavy atom. The largest absolute Gasteiger partial charge is 0.462 e. The number of benzene rings is 1. The smallest absolute Gasteiger partial charge is 0.341 e. The minimum Gasteiger partial charge on any atom is -0.462 e. The van der Waals surface area contributed by atoms with Crippen LogP contribution in [-0.2, 0) is 28.9 Å². The van der Waals surface area contributed by atoms with Crippen molar-refractivity contribution in [3.05, 3.63) is 75.3 Å². The zero-order valence-corrected chi connectivity index (χ0v) is 24.1. The minimum absolute atomic E-state index is 0.0594. The van der Waals surface area contributed by atoms with Gasteiger partial charge >= 0.3 is 5.97 Å². The van der Waals surface area contributed by atoms with Crippen molar-refractivity contribution in [3.63, 3.8) is 0 Å². The Labute approximate surface area is 243 Å². The van der Waals surface area contributed by atoms with Gasteiger partial charge in [-0.15, -0.1) is 21.5 Å². The molecule has 0 radical (unpaired) electrons. The summed E-state index contributed by atoms with van der Waals surface area (Å²) < 4.78 is 12.2. The van der Waals surface area contributed by atoms with Gasteiger partial charge in [0.25, 0.3) is 5.91 Å². The summed E-state index contributed by atoms with van der Waals surface area (Å²) in [6.07, 6.45) is 4.08. The molecule has 0 saturated heterocycles. The highest BCUT2D eigenvalue weighted by molar-refractivity contribution is 8.00. The van der Waals surface area contributed by atoms with E-state index < -0.39 is 17.1 Å². The monoisotopic (exact) mass is 599 g/mol. The summed E-state index contributed by atoms with van der Waals surface area (Å²) in [6, 6.07) is 10.3. The third-order valence-electron chi connectivity index (χ3n) is 6.21. The molecule has 4 aromatic rings. The fraction of sp³-hybridized carbons (Fsp3) is 0.296. The van der Waals surface area contributed by atoms with Crippen LogP contribution >= 0.6 is 34.7 Å². The summed E-state index contributed by atoms with van der Waals surface area (Å²) in [7, 11) is 0. The third kappa shape index (κ3) is 5.93. The van der Waals surface area contributed by atoms with Crippen LogP contribution in [0.25, 0.3) is 5.69 Å². The standard InChI is InChI=1S/C27H26ClN5O5S2/c1-3-37-26(36)22-18-9-5-11-20(18)40-25(22)30-23(34)15(2)39-27-32-31-21(14-29-24(35)19-10-6-12-38-19)33(27)17-8-4-7-16(28)13-17/h4,6-8,10,12-13,15H,3,5,9,11,14H2,1-2H3,(H,29,35)(H,30,34)/t15-/m0/s1. The molecule has 3 aromatic heterocycles. The summed E-state index contributed by atoms with van der Waals surface area (Å²) in [5.74, 6) is -0.483. The summed E-state index contributed by atoms with van der Waals surface area (Å²) in [5.41, 5.74) is 2.11. The molecule has 5 rings (SSSR count). The number of esters is 1. The number of hydrogen-bond acceptors (Lipinski definition) is 9. The number of halogens is 1. The molecule has 0 spiro atoms. The van der Waals surface area contributed by atoms with Gasteiger partial charge in [-0.1, -0.05) is 29.4 Å². The zero-order valence-electron chi connectivity index (χ0n) is 21.7. The van der Waals surface area contributed by atoms with Gasteiger partial charge in [-0.05, 0) is 69.0 Å². The van der Waals surface area contributed by atoms with Crippen LogP contribution in [0, 0.1) is 0 Å². The quantitative estimate of drug-likeness (QED) is 0.186. The highest BCUT2D eigenvalue weighted by Crippen LogP contribution is 2.40. The number of thioether (sulfide) groups is 1. The Bertz CT molecular complexity index is 1550. The van der Waals surface area contributed by atoms with Crippen molar-refractivity contribution >= 4 is 57.5 Å². The van der Waals surface area contributed by atoms with E-state index in [-0.39, 0.29) is 24.8 Å². The van der Waals surface area contributed by atoms with E-state index in [1.54, 1.807) is 48.7 Å². The van der Waals surface area contributed by atoms with Crippen molar-refractivity contribution in [1.29, 1.82) is 0 Å². The lowest BCUT2D eigenvalue weighted by atomic mass is 10.1. The number of amides is 2. The number of fused-ring (bicyclic) bond motifs is 1. The maximum atomic E-state index is 13.3. The fourth-order valence-electron chi connectivity index (χ4n) is 4.36. The first kappa shape index (κ1) is 27.9. The second-order valence-corrected chi connectivity index (χ2v) is 11.8. The first-order valence-corrected chi connectivity index (χ1v) is 14.7. The topological polar surface area (TPSA) is 128 Å². The molecule has 208 valence electrons. The summed E-state index contributed by atoms with van der Waals surface area (Å²) in [4.78, 5) is 39.5. The van der Waals surface area contributed by atoms with Crippen LogP contribution in [-0.4, -0.2) is 44.4 Å². The van der Waals surface area contributed by atoms with E-state index in [0.717, 1.165) is 29.7 Å². The average molecular weight is 600 g/mol. The number of thiophene rings is 1. The first-order chi connectivity index (χ1) is 19.4. The van der Waals surface area contributed by atoms with Crippen molar-refractivity contribution in [3.8, 4) is 5.69 Å². The molecule has 40 heavy (non-hydrogen) atoms. The van der Waals surface area contributed by atoms with Gasteiger partial charge in [0.15, 0.2) is 16.7 Å². The molecule has 1 aromatic carbocycles. The highest BCUT2D eigenvalue weighted by atomic mass is 35.5. The fourth-order valence-corrected chi connectivity index (χ4v) is 6.71. The van der Waals surface area contributed by atoms with E-state index in [9.17, 15) is 14.4 Å². The molecule has 13 heteroatoms. The van der Waals surface area contributed by atoms with Gasteiger partial charge in [0.1, 0.15) is 5.00 Å². The maximum Gasteiger partial charge on any atom is 0.341 e. The van der Waals surface area contributed by atoms with Gasteiger partial charge in [-0.2, -0.15) is 0 Å². The molecule has 2 amide bonds. The molecule has 0 fully saturated rings. The summed E-state index contributed by atoms with van der Waals surface area (Å²) in [5, 5.41) is 15.2. The lowest BCUT2D eigenvalue weighted by Gasteiger charge is -2.14. The maximum absolute atomic E-state index is 13.3. The zero-order chi connectivity index (χ0) is 28.2. The number of ether oxygens (including phenoxy) is 1. The second-order valence-electron chi connectivity index (χ2n) is 8.91. The Balaban J connectivity index is 1.36. The highest BCUT2D eigenvalue weighted by Gasteiger charge is 2.30. The van der Waals surface area contributed by atoms with E-state index in [1.165, 1.54) is 29.4 Å². The number of nitrogens with zero attached hydrogens (tertiary/aromatic N) is 3. The van der Waals surface area contributed by atoms with Crippen molar-refractivity contribution in [2.45, 2.75) is 50.1 Å². The number of nitrogens with one attached hydrogen (secondary N) is 2. The molecule has 1 atom stereocenters. The number of anilines is 1. The molecule has 0 saturated carbocycles. The van der Waals surface area contributed by atoms with Crippen molar-refractivity contribution in [2.75, 3.05) is 11.9 Å². The van der Waals surface area contributed by atoms with Crippen molar-refractivity contribution in [2.24, 2.45) is 0 Å². The molecule has 0 unspecified atom stereocenters. The number of carbonyl (C=O) groups is 3. The molecular formula is C27H26ClN5O5S2. The minimum atomic E-state index is -0.598. The lowest BCUT2D eigenvalue weighted by molar-refractivity contribution is -0.115. The first-order valence-electron chi connectivity index (χ1n) is 12.7. The molecule has 10 nitrogen and oxygen atoms in total. The Kier molecular flexibility index (Phi) is 8.57. The molecule has 0 aliphatic heterocycles. The average Bonchev–Trinajstić information content (AvgIpc) is 3.72. The number of furan rings is 1. The Hall–Kier alpha value is -3.61. The van der Waals surface area contributed by atoms with E-state index in [0.29, 0.717) is 32.3 Å². The van der Waals surface area contributed by atoms with Crippen LogP contribution in [0.3, 0.4) is 0 Å². The van der Waals surface area contributed by atoms with Crippen LogP contribution in [0.4, 0.5) is 5.00 Å². The van der Waals surface area contributed by atoms with Crippen molar-refractivity contribution < 1.29 is 23.5 Å². The molecule has 2 N–H and O–H groups in total. The predicted octanol–water partition coefficient (Wildman–Crippen LogP) is 5.29. The Morgan fingerprint density at radius 3 is 2.83 bits per heavy atom. The van der Waals surface area contributed by atoms with Gasteiger partial charge in [0, 0.05) is 9.90 Å². The van der Waals surface area contributed by atoms with Crippen LogP contribution in [0.15, 0.2) is 52.2 Å². The SMILES string of the molecule is CCOC(=O)c1c(NC(=O)[C@H](C)Sc2nnc(CNC(=O)c3ccco3)n2-c2cccc(Cl)c2)sc2c1CCC2. The number of rotatable bonds is 10. The van der Waals surface area contributed by atoms with Gasteiger partial charge in [0.05, 0.1) is 35.9 Å². The summed E-state index contributed by atoms with van der Waals surface area (Å²) in [6.45, 7) is 3.82. The van der Waals surface area contributed by atoms with Crippen LogP contribution in [0.2, 0.25) is 5.02 Å². The third-order valence-corrected chi connectivity index (χ3v) is 8.69. The Morgan fingerprint density at radius 2 is 2.08 bits per heavy atom. The number of carbonyl (C=O) groups excluding carboxylic acids is 3. The van der Waals surface area contributed by atoms with E-state index in [2.05, 4.69) is 20.8 Å². The molecule has 1 aliphatic carbocycles. The van der Waals surface area contributed by atoms with E-state index >= 15 is 0 Å². The van der Waals surface area contributed by atoms with Crippen molar-refractivity contribution in [1.82, 2.24) is 20.1 Å². The van der Waals surface area contributed by atoms with Gasteiger partial charge in [0.2, 0.25) is 5.91 Å². The van der Waals surface area contributed by atoms with Crippen LogP contribution in [0.5, 0.6) is 0 Å². The molecular weight excluding hydrogens is 574 g/mol. The number of aromatic nitrogens is 3. The summed E-state index contributed by atoms with van der Waals surface area (Å²) >= 11 is 8.89. The predicted molar refractivity (Wildman–Crippen MR) is 152 cm³/mol. The normalized spacial score (nSPS) is 13.1. The van der Waals surface area contributed by atoms with E-state index in [1.807, 2.05) is 6.07 Å². The number of aryl methyl sites for hydroxylation is 1.